The standard InChI is InChI=1S/C23H23FN6O6S/c1-29-21(22-25-10-14(24)11-26-22)18(12-36-29)37(31,32)13-19-27-28-23(17-8-5-9-35-17)30(19)20-15(33-2)6-4-7-16(20)34-3/h4-11,18,21H,12-13H2,1-3H3/t18-,21-/m0/s1. The maximum absolute atomic E-state index is 13.8. The second kappa shape index (κ2) is 9.88. The molecular formula is C23H23FN6O6S. The number of benzene rings is 1. The minimum Gasteiger partial charge on any atom is -0.494 e. The van der Waals surface area contributed by atoms with Crippen LogP contribution in [0, 0.1) is 5.82 Å². The zero-order valence-corrected chi connectivity index (χ0v) is 20.9. The molecule has 194 valence electrons. The third kappa shape index (κ3) is 4.54. The van der Waals surface area contributed by atoms with Crippen molar-refractivity contribution in [3.8, 4) is 28.8 Å². The predicted molar refractivity (Wildman–Crippen MR) is 127 cm³/mol. The topological polar surface area (TPSA) is 135 Å². The highest BCUT2D eigenvalue weighted by Gasteiger charge is 2.45. The van der Waals surface area contributed by atoms with E-state index in [0.717, 1.165) is 12.4 Å². The van der Waals surface area contributed by atoms with Crippen molar-refractivity contribution in [2.24, 2.45) is 0 Å². The number of rotatable bonds is 8. The lowest BCUT2D eigenvalue weighted by atomic mass is 10.2. The summed E-state index contributed by atoms with van der Waals surface area (Å²) < 4.78 is 59.2. The van der Waals surface area contributed by atoms with Crippen LogP contribution in [0.4, 0.5) is 4.39 Å². The van der Waals surface area contributed by atoms with E-state index in [1.807, 2.05) is 0 Å². The number of nitrogens with zero attached hydrogens (tertiary/aromatic N) is 6. The van der Waals surface area contributed by atoms with E-state index in [4.69, 9.17) is 18.7 Å². The van der Waals surface area contributed by atoms with Crippen LogP contribution in [-0.4, -0.2) is 71.3 Å². The molecule has 37 heavy (non-hydrogen) atoms. The van der Waals surface area contributed by atoms with Crippen molar-refractivity contribution >= 4 is 9.84 Å². The van der Waals surface area contributed by atoms with Crippen molar-refractivity contribution in [3.63, 3.8) is 0 Å². The van der Waals surface area contributed by atoms with Crippen molar-refractivity contribution in [1.82, 2.24) is 29.8 Å². The molecule has 14 heteroatoms. The molecule has 2 atom stereocenters. The summed E-state index contributed by atoms with van der Waals surface area (Å²) in [5.41, 5.74) is 0.410. The van der Waals surface area contributed by atoms with Crippen molar-refractivity contribution in [1.29, 1.82) is 0 Å². The van der Waals surface area contributed by atoms with Gasteiger partial charge in [-0.2, -0.15) is 5.06 Å². The van der Waals surface area contributed by atoms with Crippen LogP contribution in [0.25, 0.3) is 17.3 Å². The lowest BCUT2D eigenvalue weighted by Gasteiger charge is -2.21. The summed E-state index contributed by atoms with van der Waals surface area (Å²) in [6.45, 7) is -0.138. The zero-order chi connectivity index (χ0) is 26.2. The number of sulfone groups is 1. The van der Waals surface area contributed by atoms with Crippen LogP contribution in [0.1, 0.15) is 17.7 Å². The van der Waals surface area contributed by atoms with Gasteiger partial charge in [0.25, 0.3) is 0 Å². The normalized spacial score (nSPS) is 18.3. The Hall–Kier alpha value is -3.88. The lowest BCUT2D eigenvalue weighted by molar-refractivity contribution is -0.112. The third-order valence-corrected chi connectivity index (χ3v) is 7.96. The molecule has 12 nitrogen and oxygen atoms in total. The minimum absolute atomic E-state index is 0.0996. The van der Waals surface area contributed by atoms with Gasteiger partial charge in [0.15, 0.2) is 27.2 Å². The number of hydrogen-bond acceptors (Lipinski definition) is 11. The molecule has 5 rings (SSSR count). The summed E-state index contributed by atoms with van der Waals surface area (Å²) in [6.07, 6.45) is 3.44. The van der Waals surface area contributed by atoms with Crippen LogP contribution in [-0.2, 0) is 20.4 Å². The number of methoxy groups -OCH3 is 2. The summed E-state index contributed by atoms with van der Waals surface area (Å²) >= 11 is 0. The van der Waals surface area contributed by atoms with Gasteiger partial charge in [0.1, 0.15) is 40.1 Å². The number of aromatic nitrogens is 5. The first-order valence-electron chi connectivity index (χ1n) is 11.1. The van der Waals surface area contributed by atoms with E-state index in [0.29, 0.717) is 22.9 Å². The third-order valence-electron chi connectivity index (χ3n) is 5.98. The maximum atomic E-state index is 13.8. The average Bonchev–Trinajstić information content (AvgIpc) is 3.64. The Labute approximate surface area is 211 Å². The number of ether oxygens (including phenoxy) is 2. The van der Waals surface area contributed by atoms with Crippen molar-refractivity contribution in [3.05, 3.63) is 66.5 Å². The first-order chi connectivity index (χ1) is 17.8. The Balaban J connectivity index is 1.60. The second-order valence-electron chi connectivity index (χ2n) is 8.16. The van der Waals surface area contributed by atoms with Gasteiger partial charge >= 0.3 is 0 Å². The smallest absolute Gasteiger partial charge is 0.204 e. The molecule has 0 aliphatic carbocycles. The van der Waals surface area contributed by atoms with E-state index < -0.39 is 32.7 Å². The highest BCUT2D eigenvalue weighted by Crippen LogP contribution is 2.38. The Kier molecular flexibility index (Phi) is 6.62. The highest BCUT2D eigenvalue weighted by atomic mass is 32.2. The summed E-state index contributed by atoms with van der Waals surface area (Å²) in [4.78, 5) is 13.5. The van der Waals surface area contributed by atoms with E-state index in [2.05, 4.69) is 20.2 Å². The maximum Gasteiger partial charge on any atom is 0.204 e. The molecule has 0 unspecified atom stereocenters. The van der Waals surface area contributed by atoms with Crippen LogP contribution < -0.4 is 9.47 Å². The summed E-state index contributed by atoms with van der Waals surface area (Å²) in [5.74, 6) is 0.526. The molecule has 3 aromatic heterocycles. The first-order valence-corrected chi connectivity index (χ1v) is 12.8. The molecule has 1 aromatic carbocycles. The largest absolute Gasteiger partial charge is 0.494 e. The molecule has 1 saturated heterocycles. The molecule has 1 fully saturated rings. The fourth-order valence-electron chi connectivity index (χ4n) is 4.25. The Bertz CT molecular complexity index is 1470. The number of hydrogen-bond donors (Lipinski definition) is 0. The molecule has 0 amide bonds. The van der Waals surface area contributed by atoms with Gasteiger partial charge in [0.2, 0.25) is 5.82 Å². The van der Waals surface area contributed by atoms with Crippen LogP contribution >= 0.6 is 0 Å². The SMILES string of the molecule is COc1cccc(OC)c1-n1c(CS(=O)(=O)[C@H]2CON(C)[C@@H]2c2ncc(F)cn2)nnc1-c1ccco1. The molecule has 0 bridgehead atoms. The van der Waals surface area contributed by atoms with Gasteiger partial charge in [-0.25, -0.2) is 22.8 Å². The van der Waals surface area contributed by atoms with Gasteiger partial charge in [-0.15, -0.1) is 10.2 Å². The van der Waals surface area contributed by atoms with Crippen molar-refractivity contribution in [2.45, 2.75) is 17.0 Å². The molecule has 0 spiro atoms. The van der Waals surface area contributed by atoms with Gasteiger partial charge in [-0.3, -0.25) is 9.40 Å². The van der Waals surface area contributed by atoms with Gasteiger partial charge in [-0.1, -0.05) is 6.07 Å². The summed E-state index contributed by atoms with van der Waals surface area (Å²) in [7, 11) is 0.600. The van der Waals surface area contributed by atoms with Crippen LogP contribution in [0.3, 0.4) is 0 Å². The molecule has 0 N–H and O–H groups in total. The molecular weight excluding hydrogens is 507 g/mol. The Morgan fingerprint density at radius 1 is 1.08 bits per heavy atom. The number of para-hydroxylation sites is 1. The average molecular weight is 531 g/mol. The van der Waals surface area contributed by atoms with E-state index in [1.54, 1.807) is 37.4 Å². The van der Waals surface area contributed by atoms with E-state index in [-0.39, 0.29) is 24.1 Å². The number of furan rings is 1. The first kappa shape index (κ1) is 24.8. The van der Waals surface area contributed by atoms with Gasteiger partial charge in [0, 0.05) is 7.05 Å². The van der Waals surface area contributed by atoms with Gasteiger partial charge in [-0.05, 0) is 24.3 Å². The Morgan fingerprint density at radius 3 is 2.41 bits per heavy atom. The van der Waals surface area contributed by atoms with Gasteiger partial charge < -0.3 is 13.9 Å². The Morgan fingerprint density at radius 2 is 1.78 bits per heavy atom. The van der Waals surface area contributed by atoms with Gasteiger partial charge in [0.05, 0.1) is 39.5 Å². The lowest BCUT2D eigenvalue weighted by Crippen LogP contribution is -2.33. The predicted octanol–water partition coefficient (Wildman–Crippen LogP) is 2.38. The fourth-order valence-corrected chi connectivity index (χ4v) is 5.96. The fraction of sp³-hybridized carbons (Fsp3) is 0.304. The summed E-state index contributed by atoms with van der Waals surface area (Å²) in [5, 5.41) is 8.75. The minimum atomic E-state index is -3.95. The van der Waals surface area contributed by atoms with Crippen LogP contribution in [0.15, 0.2) is 53.4 Å². The number of halogens is 1. The van der Waals surface area contributed by atoms with Crippen LogP contribution in [0.5, 0.6) is 11.5 Å². The second-order valence-corrected chi connectivity index (χ2v) is 10.4. The number of hydroxylamine groups is 2. The summed E-state index contributed by atoms with van der Waals surface area (Å²) in [6, 6.07) is 7.68. The van der Waals surface area contributed by atoms with E-state index >= 15 is 0 Å². The monoisotopic (exact) mass is 530 g/mol. The molecule has 0 radical (unpaired) electrons. The van der Waals surface area contributed by atoms with Crippen molar-refractivity contribution in [2.75, 3.05) is 27.9 Å². The molecule has 0 saturated carbocycles. The molecule has 4 aromatic rings. The quantitative estimate of drug-likeness (QED) is 0.332. The molecule has 4 heterocycles. The molecule has 1 aliphatic heterocycles. The zero-order valence-electron chi connectivity index (χ0n) is 20.1. The van der Waals surface area contributed by atoms with E-state index in [9.17, 15) is 12.8 Å². The molecule has 1 aliphatic rings. The van der Waals surface area contributed by atoms with E-state index in [1.165, 1.54) is 30.1 Å². The van der Waals surface area contributed by atoms with Crippen LogP contribution in [0.2, 0.25) is 0 Å². The highest BCUT2D eigenvalue weighted by molar-refractivity contribution is 7.91. The van der Waals surface area contributed by atoms with Crippen molar-refractivity contribution < 1.29 is 31.5 Å².